The Labute approximate surface area is 85.9 Å². The number of para-hydroxylation sites is 1. The summed E-state index contributed by atoms with van der Waals surface area (Å²) in [6.07, 6.45) is 0. The first-order chi connectivity index (χ1) is 7.03. The second kappa shape index (κ2) is 3.05. The Morgan fingerprint density at radius 3 is 2.93 bits per heavy atom. The summed E-state index contributed by atoms with van der Waals surface area (Å²) in [5.74, 6) is 0.388. The van der Waals surface area contributed by atoms with E-state index in [1.165, 1.54) is 0 Å². The molecular weight excluding hydrogens is 199 g/mol. The number of alkyl halides is 1. The average molecular weight is 208 g/mol. The van der Waals surface area contributed by atoms with Gasteiger partial charge in [0.15, 0.2) is 17.3 Å². The van der Waals surface area contributed by atoms with Gasteiger partial charge in [-0.25, -0.2) is 4.99 Å². The van der Waals surface area contributed by atoms with Gasteiger partial charge in [-0.05, 0) is 18.9 Å². The quantitative estimate of drug-likeness (QED) is 0.567. The van der Waals surface area contributed by atoms with Gasteiger partial charge in [0.25, 0.3) is 0 Å². The van der Waals surface area contributed by atoms with Crippen LogP contribution in [-0.4, -0.2) is 18.6 Å². The molecule has 1 aliphatic rings. The minimum atomic E-state index is -2.18. The van der Waals surface area contributed by atoms with Crippen LogP contribution in [-0.2, 0) is 0 Å². The van der Waals surface area contributed by atoms with Crippen LogP contribution in [0, 0.1) is 5.41 Å². The molecule has 0 aliphatic carbocycles. The molecule has 1 aromatic carbocycles. The largest absolute Gasteiger partial charge is 0.423 e. The molecule has 0 saturated carbocycles. The lowest BCUT2D eigenvalue weighted by Gasteiger charge is -2.11. The van der Waals surface area contributed by atoms with Gasteiger partial charge in [-0.3, -0.25) is 5.41 Å². The fourth-order valence-corrected chi connectivity index (χ4v) is 1.37. The monoisotopic (exact) mass is 208 g/mol. The Kier molecular flexibility index (Phi) is 1.96. The fourth-order valence-electron chi connectivity index (χ4n) is 1.37. The summed E-state index contributed by atoms with van der Waals surface area (Å²) < 4.78 is 23.2. The molecule has 5 heteroatoms. The van der Waals surface area contributed by atoms with Crippen LogP contribution in [0.25, 0.3) is 0 Å². The molecule has 1 N–H and O–H groups in total. The zero-order chi connectivity index (χ0) is 11.1. The summed E-state index contributed by atoms with van der Waals surface area (Å²) in [7, 11) is 0. The maximum absolute atomic E-state index is 13.4. The number of rotatable bonds is 1. The maximum Gasteiger partial charge on any atom is 0.404 e. The van der Waals surface area contributed by atoms with Gasteiger partial charge in [-0.1, -0.05) is 6.07 Å². The van der Waals surface area contributed by atoms with Crippen molar-refractivity contribution in [1.82, 2.24) is 0 Å². The fraction of sp³-hybridized carbons (Fsp3) is 0.200. The Balaban J connectivity index is 2.50. The van der Waals surface area contributed by atoms with Gasteiger partial charge >= 0.3 is 6.04 Å². The van der Waals surface area contributed by atoms with E-state index in [1.54, 1.807) is 18.2 Å². The number of nitrogens with one attached hydrogen (secondary N) is 1. The molecule has 1 heterocycles. The number of aliphatic imine (C=N–C) groups is 1. The van der Waals surface area contributed by atoms with E-state index in [0.717, 1.165) is 6.92 Å². The molecule has 78 valence electrons. The third-order valence-corrected chi connectivity index (χ3v) is 1.97. The van der Waals surface area contributed by atoms with Crippen LogP contribution in [0.15, 0.2) is 23.2 Å². The van der Waals surface area contributed by atoms with Crippen molar-refractivity contribution >= 4 is 12.6 Å². The summed E-state index contributed by atoms with van der Waals surface area (Å²) in [4.78, 5) is 3.46. The smallest absolute Gasteiger partial charge is 0.404 e. The Hall–Kier alpha value is -1.91. The Morgan fingerprint density at radius 1 is 1.53 bits per heavy atom. The van der Waals surface area contributed by atoms with Crippen LogP contribution in [0.5, 0.6) is 11.5 Å². The van der Waals surface area contributed by atoms with Crippen LogP contribution < -0.4 is 9.47 Å². The van der Waals surface area contributed by atoms with Crippen molar-refractivity contribution in [2.45, 2.75) is 13.0 Å². The molecule has 1 aliphatic heterocycles. The summed E-state index contributed by atoms with van der Waals surface area (Å²) in [5, 5.41) is 7.49. The second-order valence-corrected chi connectivity index (χ2v) is 3.18. The van der Waals surface area contributed by atoms with Gasteiger partial charge in [0.1, 0.15) is 0 Å². The van der Waals surface area contributed by atoms with Gasteiger partial charge in [0, 0.05) is 6.92 Å². The highest BCUT2D eigenvalue weighted by Gasteiger charge is 2.38. The van der Waals surface area contributed by atoms with E-state index in [4.69, 9.17) is 14.9 Å². The normalized spacial score (nSPS) is 22.5. The molecule has 4 nitrogen and oxygen atoms in total. The number of ether oxygens (including phenoxy) is 2. The summed E-state index contributed by atoms with van der Waals surface area (Å²) in [6.45, 7) is 4.39. The van der Waals surface area contributed by atoms with Crippen LogP contribution in [0.1, 0.15) is 12.5 Å². The maximum atomic E-state index is 13.4. The van der Waals surface area contributed by atoms with Gasteiger partial charge < -0.3 is 9.47 Å². The first-order valence-corrected chi connectivity index (χ1v) is 4.29. The molecule has 1 atom stereocenters. The van der Waals surface area contributed by atoms with E-state index in [1.807, 2.05) is 0 Å². The van der Waals surface area contributed by atoms with Crippen molar-refractivity contribution < 1.29 is 13.9 Å². The average Bonchev–Trinajstić information content (AvgIpc) is 2.49. The number of nitrogens with zero attached hydrogens (tertiary/aromatic N) is 1. The Bertz CT molecular complexity index is 443. The molecule has 0 saturated heterocycles. The van der Waals surface area contributed by atoms with Gasteiger partial charge in [-0.2, -0.15) is 4.39 Å². The van der Waals surface area contributed by atoms with Crippen molar-refractivity contribution in [3.63, 3.8) is 0 Å². The highest BCUT2D eigenvalue weighted by molar-refractivity contribution is 6.02. The zero-order valence-corrected chi connectivity index (χ0v) is 8.08. The number of hydrogen-bond acceptors (Lipinski definition) is 3. The first-order valence-electron chi connectivity index (χ1n) is 4.29. The summed E-state index contributed by atoms with van der Waals surface area (Å²) in [5.41, 5.74) is 0.365. The SMILES string of the molecule is C=NC(=N)c1cccc2c1OC(C)(F)O2. The molecule has 0 spiro atoms. The molecule has 0 amide bonds. The van der Waals surface area contributed by atoms with Gasteiger partial charge in [0.2, 0.25) is 0 Å². The molecule has 0 bridgehead atoms. The van der Waals surface area contributed by atoms with Crippen molar-refractivity contribution in [3.05, 3.63) is 23.8 Å². The van der Waals surface area contributed by atoms with Gasteiger partial charge in [-0.15, -0.1) is 0 Å². The Morgan fingerprint density at radius 2 is 2.27 bits per heavy atom. The van der Waals surface area contributed by atoms with Gasteiger partial charge in [0.05, 0.1) is 5.56 Å². The predicted molar refractivity (Wildman–Crippen MR) is 53.6 cm³/mol. The molecule has 1 aromatic rings. The van der Waals surface area contributed by atoms with E-state index in [2.05, 4.69) is 11.7 Å². The lowest BCUT2D eigenvalue weighted by Crippen LogP contribution is -2.28. The summed E-state index contributed by atoms with van der Waals surface area (Å²) in [6, 6.07) is 2.62. The van der Waals surface area contributed by atoms with Crippen LogP contribution in [0.4, 0.5) is 4.39 Å². The number of amidine groups is 1. The molecule has 0 aromatic heterocycles. The topological polar surface area (TPSA) is 54.7 Å². The van der Waals surface area contributed by atoms with E-state index in [-0.39, 0.29) is 17.3 Å². The standard InChI is InChI=1S/C10H9FN2O2/c1-10(11)14-7-5-3-4-6(8(7)15-10)9(12)13-2/h3-5,12H,2H2,1H3. The lowest BCUT2D eigenvalue weighted by atomic mass is 10.2. The van der Waals surface area contributed by atoms with Crippen molar-refractivity contribution in [3.8, 4) is 11.5 Å². The number of halogens is 1. The van der Waals surface area contributed by atoms with E-state index >= 15 is 0 Å². The van der Waals surface area contributed by atoms with E-state index < -0.39 is 6.04 Å². The number of fused-ring (bicyclic) bond motifs is 1. The highest BCUT2D eigenvalue weighted by Crippen LogP contribution is 2.42. The minimum absolute atomic E-state index is 0.0758. The highest BCUT2D eigenvalue weighted by atomic mass is 19.2. The lowest BCUT2D eigenvalue weighted by molar-refractivity contribution is -0.173. The minimum Gasteiger partial charge on any atom is -0.423 e. The molecule has 1 unspecified atom stereocenters. The number of benzene rings is 1. The molecule has 0 fully saturated rings. The second-order valence-electron chi connectivity index (χ2n) is 3.18. The van der Waals surface area contributed by atoms with E-state index in [9.17, 15) is 4.39 Å². The van der Waals surface area contributed by atoms with E-state index in [0.29, 0.717) is 5.56 Å². The predicted octanol–water partition coefficient (Wildman–Crippen LogP) is 2.13. The third-order valence-electron chi connectivity index (χ3n) is 1.97. The molecular formula is C10H9FN2O2. The first kappa shape index (κ1) is 9.64. The molecule has 0 radical (unpaired) electrons. The third kappa shape index (κ3) is 1.56. The number of hydrogen-bond donors (Lipinski definition) is 1. The van der Waals surface area contributed by atoms with Crippen LogP contribution in [0.2, 0.25) is 0 Å². The van der Waals surface area contributed by atoms with Crippen molar-refractivity contribution in [1.29, 1.82) is 5.41 Å². The molecule has 15 heavy (non-hydrogen) atoms. The molecule has 2 rings (SSSR count). The van der Waals surface area contributed by atoms with Crippen LogP contribution in [0.3, 0.4) is 0 Å². The van der Waals surface area contributed by atoms with Crippen molar-refractivity contribution in [2.24, 2.45) is 4.99 Å². The van der Waals surface area contributed by atoms with Crippen LogP contribution >= 0.6 is 0 Å². The van der Waals surface area contributed by atoms with Crippen molar-refractivity contribution in [2.75, 3.05) is 0 Å². The summed E-state index contributed by atoms with van der Waals surface area (Å²) >= 11 is 0. The zero-order valence-electron chi connectivity index (χ0n) is 8.08.